The van der Waals surface area contributed by atoms with Crippen LogP contribution in [0, 0.1) is 20.8 Å². The monoisotopic (exact) mass is 954 g/mol. The molecule has 1 saturated heterocycles. The number of aliphatic hydroxyl groups is 2. The van der Waals surface area contributed by atoms with Crippen LogP contribution in [0.3, 0.4) is 0 Å². The summed E-state index contributed by atoms with van der Waals surface area (Å²) in [5.74, 6) is -2.68. The number of rotatable bonds is 0. The molecule has 8 rings (SSSR count). The van der Waals surface area contributed by atoms with Gasteiger partial charge in [0, 0.05) is 32.7 Å². The van der Waals surface area contributed by atoms with E-state index in [1.165, 1.54) is 46.7 Å². The fraction of sp³-hybridized carbons (Fsp3) is 0.345. The number of aromatic nitrogens is 12. The van der Waals surface area contributed by atoms with E-state index in [4.69, 9.17) is 30.6 Å². The van der Waals surface area contributed by atoms with Gasteiger partial charge < -0.3 is 50.1 Å². The Morgan fingerprint density at radius 2 is 1.44 bits per heavy atom. The summed E-state index contributed by atoms with van der Waals surface area (Å²) in [5, 5.41) is 66.4. The number of carbonyl (C=O) groups excluding carboxylic acids is 2. The largest absolute Gasteiger partial charge is 0.505 e. The average molecular weight is 955 g/mol. The quantitative estimate of drug-likeness (QED) is 0.0699. The first-order chi connectivity index (χ1) is 29.2. The second kappa shape index (κ2) is 25.1. The summed E-state index contributed by atoms with van der Waals surface area (Å²) in [6, 6.07) is 0. The maximum absolute atomic E-state index is 10.4. The third kappa shape index (κ3) is 19.9. The molecule has 2 aliphatic rings. The summed E-state index contributed by atoms with van der Waals surface area (Å²) in [6.07, 6.45) is 1.79. The zero-order chi connectivity index (χ0) is 48.3. The van der Waals surface area contributed by atoms with Crippen LogP contribution in [0.4, 0.5) is 4.79 Å². The first-order valence-electron chi connectivity index (χ1n) is 16.7. The highest BCUT2D eigenvalue weighted by Crippen LogP contribution is 2.17. The molecule has 31 nitrogen and oxygen atoms in total. The summed E-state index contributed by atoms with van der Waals surface area (Å²) in [6.45, 7) is 7.97. The standard InChI is InChI=1S/C5H6O4.C4H6N2O2.C4H5NO3.C4H5NO2S.2C3H5N3O.C3H4N2O2S.C3H6N2O2S/c1-2-3(6)4(7)5(8)9-2;1-2-3(7)6-4(8)5-2;2*1-2-3(6)5-4(7)8-2;1-6-2-3(7)4-5-6;1-6-4-2-3(7)5-6;1-5-2(6)4-3(7)8-5;1-2-4-3(6)8(7)5-2/h2,6-7H,1H3;7H,1H3,(H2,5,6,8);2*6H,1H3,(H,5,7);2,7H,1H3;2H,1H3,(H,5,7);1H3,(H,4,6,7);2,5H,1H3,(H,4,6). The summed E-state index contributed by atoms with van der Waals surface area (Å²) < 4.78 is 24.2. The van der Waals surface area contributed by atoms with E-state index in [1.54, 1.807) is 34.9 Å². The predicted octanol–water partition coefficient (Wildman–Crippen LogP) is -2.52. The molecule has 0 saturated carbocycles. The van der Waals surface area contributed by atoms with E-state index in [2.05, 4.69) is 59.6 Å². The Morgan fingerprint density at radius 1 is 0.810 bits per heavy atom. The topological polar surface area (TPSA) is 470 Å². The van der Waals surface area contributed by atoms with Crippen molar-refractivity contribution >= 4 is 45.1 Å². The van der Waals surface area contributed by atoms with Crippen LogP contribution < -0.4 is 42.5 Å². The van der Waals surface area contributed by atoms with Crippen molar-refractivity contribution < 1.29 is 53.6 Å². The zero-order valence-electron chi connectivity index (χ0n) is 33.9. The molecule has 63 heavy (non-hydrogen) atoms. The smallest absolute Gasteiger partial charge is 0.419 e. The number of nitrogens with zero attached hydrogens (tertiary/aromatic N) is 6. The number of amides is 1. The van der Waals surface area contributed by atoms with E-state index in [9.17, 15) is 42.6 Å². The van der Waals surface area contributed by atoms with Gasteiger partial charge in [0.15, 0.2) is 28.6 Å². The Labute approximate surface area is 359 Å². The van der Waals surface area contributed by atoms with Crippen LogP contribution in [0.5, 0.6) is 23.5 Å². The van der Waals surface area contributed by atoms with Gasteiger partial charge in [-0.05, 0) is 34.6 Å². The van der Waals surface area contributed by atoms with Crippen LogP contribution in [-0.4, -0.2) is 117 Å². The molecule has 6 aromatic rings. The normalized spacial score (nSPS) is 15.5. The Bertz CT molecular complexity index is 2580. The molecule has 1 amide bonds. The Morgan fingerprint density at radius 3 is 1.57 bits per heavy atom. The molecule has 34 heteroatoms. The van der Waals surface area contributed by atoms with Gasteiger partial charge in [-0.15, -0.1) is 0 Å². The number of nitrogens with one attached hydrogen (secondary N) is 8. The van der Waals surface area contributed by atoms with Crippen LogP contribution in [0.2, 0.25) is 0 Å². The fourth-order valence-electron chi connectivity index (χ4n) is 3.35. The molecule has 0 radical (unpaired) electrons. The third-order valence-electron chi connectivity index (χ3n) is 6.30. The SMILES string of the molecule is CC1NC(=O)S(=O)N1.CC1OC(=O)C(O)=C1O.Cc1[nH]c(=O)[nH]c1O.Cc1oc(=O)[nH]c1O.Cc1sc(=O)[nH]c1O.Cn1cc(O)nn1.Cn1ncc(=O)[nH]1.Cn1sc(=O)[nH]c1=O. The number of oxazole rings is 1. The highest BCUT2D eigenvalue weighted by atomic mass is 32.2. The Kier molecular flexibility index (Phi) is 21.3. The molecule has 6 aromatic heterocycles. The maximum atomic E-state index is 10.4. The lowest BCUT2D eigenvalue weighted by atomic mass is 10.3. The highest BCUT2D eigenvalue weighted by Gasteiger charge is 2.30. The average Bonchev–Trinajstić information content (AvgIpc) is 4.07. The number of thiazole rings is 1. The maximum Gasteiger partial charge on any atom is 0.419 e. The minimum absolute atomic E-state index is 0.0139. The lowest BCUT2D eigenvalue weighted by molar-refractivity contribution is -0.141. The molecule has 1 fully saturated rings. The Hall–Kier alpha value is -7.72. The third-order valence-corrected chi connectivity index (χ3v) is 8.82. The van der Waals surface area contributed by atoms with Crippen molar-refractivity contribution in [2.45, 2.75) is 46.9 Å². The van der Waals surface area contributed by atoms with Crippen molar-refractivity contribution in [3.8, 4) is 23.5 Å². The van der Waals surface area contributed by atoms with Gasteiger partial charge in [-0.3, -0.25) is 43.8 Å². The van der Waals surface area contributed by atoms with E-state index in [0.29, 0.717) is 10.6 Å². The van der Waals surface area contributed by atoms with Gasteiger partial charge in [-0.1, -0.05) is 21.6 Å². The van der Waals surface area contributed by atoms with Gasteiger partial charge in [-0.2, -0.15) is 5.10 Å². The van der Waals surface area contributed by atoms with Crippen LogP contribution in [0.1, 0.15) is 30.2 Å². The van der Waals surface area contributed by atoms with E-state index < -0.39 is 39.8 Å². The number of ether oxygens (including phenoxy) is 1. The number of aromatic amines is 6. The molecule has 0 spiro atoms. The number of esters is 1. The van der Waals surface area contributed by atoms with Gasteiger partial charge in [0.2, 0.25) is 23.4 Å². The van der Waals surface area contributed by atoms with Gasteiger partial charge in [0.25, 0.3) is 11.4 Å². The zero-order valence-corrected chi connectivity index (χ0v) is 36.3. The van der Waals surface area contributed by atoms with E-state index >= 15 is 0 Å². The molecular formula is C29H42N14O17S3. The molecular weight excluding hydrogens is 913 g/mol. The van der Waals surface area contributed by atoms with Crippen LogP contribution in [0.15, 0.2) is 57.1 Å². The van der Waals surface area contributed by atoms with Gasteiger partial charge in [0.05, 0.1) is 22.9 Å². The van der Waals surface area contributed by atoms with Crippen molar-refractivity contribution in [3.05, 3.63) is 101 Å². The molecule has 3 unspecified atom stereocenters. The number of aromatic hydroxyl groups is 4. The van der Waals surface area contributed by atoms with Gasteiger partial charge in [0.1, 0.15) is 6.20 Å². The number of hydrogen-bond donors (Lipinski definition) is 14. The van der Waals surface area contributed by atoms with Gasteiger partial charge >= 0.3 is 38.1 Å². The minimum Gasteiger partial charge on any atom is -0.505 e. The second-order valence-electron chi connectivity index (χ2n) is 11.5. The van der Waals surface area contributed by atoms with E-state index in [-0.39, 0.29) is 67.9 Å². The lowest BCUT2D eigenvalue weighted by Crippen LogP contribution is -2.27. The lowest BCUT2D eigenvalue weighted by Gasteiger charge is -1.98. The number of cyclic esters (lactones) is 1. The number of H-pyrrole nitrogens is 6. The van der Waals surface area contributed by atoms with Crippen molar-refractivity contribution in [1.82, 2.24) is 68.9 Å². The minimum atomic E-state index is -1.50. The molecule has 3 atom stereocenters. The molecule has 2 aliphatic heterocycles. The van der Waals surface area contributed by atoms with E-state index in [1.807, 2.05) is 4.98 Å². The molecule has 8 heterocycles. The molecule has 14 N–H and O–H groups in total. The number of imidazole rings is 1. The first-order valence-corrected chi connectivity index (χ1v) is 19.4. The Balaban J connectivity index is 0.000000360. The molecule has 0 aromatic carbocycles. The summed E-state index contributed by atoms with van der Waals surface area (Å²) in [7, 11) is 3.38. The van der Waals surface area contributed by atoms with Crippen molar-refractivity contribution in [2.24, 2.45) is 21.1 Å². The molecule has 0 bridgehead atoms. The fourth-order valence-corrected chi connectivity index (χ4v) is 5.20. The number of carbonyl (C=O) groups is 2. The second-order valence-corrected chi connectivity index (χ2v) is 14.9. The molecule has 0 aliphatic carbocycles. The van der Waals surface area contributed by atoms with E-state index in [0.717, 1.165) is 22.9 Å². The predicted molar refractivity (Wildman–Crippen MR) is 219 cm³/mol. The highest BCUT2D eigenvalue weighted by molar-refractivity contribution is 7.98. The molecule has 348 valence electrons. The summed E-state index contributed by atoms with van der Waals surface area (Å²) in [5.41, 5.74) is -0.419. The van der Waals surface area contributed by atoms with Crippen LogP contribution in [-0.2, 0) is 41.7 Å². The number of aryl methyl sites for hydroxylation is 6. The van der Waals surface area contributed by atoms with Crippen molar-refractivity contribution in [3.63, 3.8) is 0 Å². The van der Waals surface area contributed by atoms with Crippen LogP contribution >= 0.6 is 22.9 Å². The van der Waals surface area contributed by atoms with Crippen molar-refractivity contribution in [2.75, 3.05) is 0 Å². The first kappa shape index (κ1) is 53.3. The van der Waals surface area contributed by atoms with Crippen LogP contribution in [0.25, 0.3) is 0 Å². The number of aliphatic hydroxyl groups excluding tert-OH is 2. The summed E-state index contributed by atoms with van der Waals surface area (Å²) in [4.78, 5) is 94.4. The summed E-state index contributed by atoms with van der Waals surface area (Å²) >= 11 is 1.87. The van der Waals surface area contributed by atoms with Gasteiger partial charge in [-0.25, -0.2) is 42.0 Å². The number of hydrogen-bond acceptors (Lipinski definition) is 22. The van der Waals surface area contributed by atoms with Crippen molar-refractivity contribution in [1.29, 1.82) is 0 Å².